The van der Waals surface area contributed by atoms with Crippen molar-refractivity contribution in [3.8, 4) is 11.1 Å². The molecular weight excluding hydrogens is 244 g/mol. The van der Waals surface area contributed by atoms with E-state index < -0.39 is 5.97 Å². The van der Waals surface area contributed by atoms with Gasteiger partial charge in [-0.1, -0.05) is 43.3 Å². The summed E-state index contributed by atoms with van der Waals surface area (Å²) in [6.45, 7) is 4.23. The van der Waals surface area contributed by atoms with Gasteiger partial charge in [0.1, 0.15) is 0 Å². The number of nitrogens with zero attached hydrogens (tertiary/aromatic N) is 1. The third-order valence-electron chi connectivity index (χ3n) is 2.96. The van der Waals surface area contributed by atoms with Gasteiger partial charge in [0.25, 0.3) is 0 Å². The molecule has 2 rings (SSSR count). The van der Waals surface area contributed by atoms with E-state index >= 15 is 0 Å². The van der Waals surface area contributed by atoms with Gasteiger partial charge in [0.05, 0.1) is 12.7 Å². The van der Waals surface area contributed by atoms with Crippen LogP contribution in [0.15, 0.2) is 28.8 Å². The second kappa shape index (κ2) is 5.14. The molecule has 0 unspecified atom stereocenters. The summed E-state index contributed by atoms with van der Waals surface area (Å²) >= 11 is 0. The monoisotopic (exact) mass is 260 g/mol. The van der Waals surface area contributed by atoms with Crippen molar-refractivity contribution < 1.29 is 14.1 Å². The lowest BCUT2D eigenvalue weighted by molar-refractivity contribution is 0.0590. The quantitative estimate of drug-likeness (QED) is 0.858. The zero-order chi connectivity index (χ0) is 14.0. The Morgan fingerprint density at radius 2 is 1.95 bits per heavy atom. The number of carbonyl (C=O) groups is 1. The van der Waals surface area contributed by atoms with Crippen LogP contribution < -0.4 is 5.73 Å². The molecule has 2 N–H and O–H groups in total. The summed E-state index contributed by atoms with van der Waals surface area (Å²) in [5.74, 6) is -0.0185. The third kappa shape index (κ3) is 2.45. The summed E-state index contributed by atoms with van der Waals surface area (Å²) < 4.78 is 9.53. The number of methoxy groups -OCH3 is 1. The van der Waals surface area contributed by atoms with Gasteiger partial charge in [0, 0.05) is 0 Å². The van der Waals surface area contributed by atoms with Crippen molar-refractivity contribution in [3.05, 3.63) is 35.5 Å². The molecule has 0 aliphatic heterocycles. The third-order valence-corrected chi connectivity index (χ3v) is 2.96. The maximum Gasteiger partial charge on any atom is 0.361 e. The van der Waals surface area contributed by atoms with Crippen LogP contribution in [0.1, 0.15) is 35.8 Å². The van der Waals surface area contributed by atoms with Crippen molar-refractivity contribution in [1.29, 1.82) is 0 Å². The molecule has 19 heavy (non-hydrogen) atoms. The van der Waals surface area contributed by atoms with Crippen LogP contribution in [-0.2, 0) is 4.74 Å². The largest absolute Gasteiger partial charge is 0.464 e. The van der Waals surface area contributed by atoms with Crippen LogP contribution in [0.25, 0.3) is 11.1 Å². The number of esters is 1. The fourth-order valence-corrected chi connectivity index (χ4v) is 1.85. The molecule has 0 atom stereocenters. The lowest BCUT2D eigenvalue weighted by Crippen LogP contribution is -2.03. The first kappa shape index (κ1) is 13.1. The van der Waals surface area contributed by atoms with Crippen LogP contribution in [0.5, 0.6) is 0 Å². The number of hydrogen-bond acceptors (Lipinski definition) is 5. The molecule has 0 spiro atoms. The fraction of sp³-hybridized carbons (Fsp3) is 0.286. The van der Waals surface area contributed by atoms with E-state index in [1.54, 1.807) is 0 Å². The molecular formula is C14H16N2O3. The molecule has 5 nitrogen and oxygen atoms in total. The summed E-state index contributed by atoms with van der Waals surface area (Å²) in [6.07, 6.45) is 0. The van der Waals surface area contributed by atoms with Crippen LogP contribution in [0.3, 0.4) is 0 Å². The van der Waals surface area contributed by atoms with Crippen LogP contribution in [0, 0.1) is 0 Å². The molecule has 1 aromatic heterocycles. The molecule has 0 bridgehead atoms. The number of hydrogen-bond donors (Lipinski definition) is 1. The number of ether oxygens (including phenoxy) is 1. The van der Waals surface area contributed by atoms with Crippen LogP contribution >= 0.6 is 0 Å². The van der Waals surface area contributed by atoms with Gasteiger partial charge in [-0.15, -0.1) is 0 Å². The molecule has 0 saturated carbocycles. The van der Waals surface area contributed by atoms with Gasteiger partial charge in [-0.2, -0.15) is 0 Å². The number of carbonyl (C=O) groups excluding carboxylic acids is 1. The molecule has 0 aliphatic carbocycles. The number of nitrogen functional groups attached to an aromatic ring is 1. The van der Waals surface area contributed by atoms with E-state index in [0.29, 0.717) is 11.5 Å². The van der Waals surface area contributed by atoms with Gasteiger partial charge in [-0.05, 0) is 17.0 Å². The molecule has 0 fully saturated rings. The Kier molecular flexibility index (Phi) is 3.55. The van der Waals surface area contributed by atoms with Crippen molar-refractivity contribution in [2.75, 3.05) is 12.8 Å². The smallest absolute Gasteiger partial charge is 0.361 e. The summed E-state index contributed by atoms with van der Waals surface area (Å²) in [6, 6.07) is 7.77. The highest BCUT2D eigenvalue weighted by molar-refractivity contribution is 5.97. The average molecular weight is 260 g/mol. The standard InChI is InChI=1S/C14H16N2O3/c1-8(2)9-4-6-10(7-5-9)11-12(14(17)18-3)16-19-13(11)15/h4-8H,15H2,1-3H3. The van der Waals surface area contributed by atoms with E-state index in [0.717, 1.165) is 5.56 Å². The van der Waals surface area contributed by atoms with Gasteiger partial charge >= 0.3 is 5.97 Å². The zero-order valence-electron chi connectivity index (χ0n) is 11.1. The second-order valence-corrected chi connectivity index (χ2v) is 4.54. The first-order valence-electron chi connectivity index (χ1n) is 5.98. The predicted molar refractivity (Wildman–Crippen MR) is 71.8 cm³/mol. The number of anilines is 1. The van der Waals surface area contributed by atoms with E-state index in [-0.39, 0.29) is 11.6 Å². The maximum absolute atomic E-state index is 11.6. The minimum atomic E-state index is -0.566. The Morgan fingerprint density at radius 3 is 2.47 bits per heavy atom. The van der Waals surface area contributed by atoms with Crippen LogP contribution in [0.4, 0.5) is 5.88 Å². The number of rotatable bonds is 3. The van der Waals surface area contributed by atoms with Crippen molar-refractivity contribution in [2.24, 2.45) is 0 Å². The van der Waals surface area contributed by atoms with Crippen molar-refractivity contribution in [1.82, 2.24) is 5.16 Å². The Balaban J connectivity index is 2.46. The van der Waals surface area contributed by atoms with Gasteiger partial charge < -0.3 is 15.0 Å². The highest BCUT2D eigenvalue weighted by atomic mass is 16.5. The highest BCUT2D eigenvalue weighted by Crippen LogP contribution is 2.31. The molecule has 0 amide bonds. The van der Waals surface area contributed by atoms with Gasteiger partial charge in [0.15, 0.2) is 0 Å². The first-order chi connectivity index (χ1) is 9.04. The topological polar surface area (TPSA) is 78.3 Å². The number of benzene rings is 1. The van der Waals surface area contributed by atoms with Crippen LogP contribution in [0.2, 0.25) is 0 Å². The normalized spacial score (nSPS) is 10.7. The van der Waals surface area contributed by atoms with Gasteiger partial charge in [0.2, 0.25) is 11.6 Å². The second-order valence-electron chi connectivity index (χ2n) is 4.54. The fourth-order valence-electron chi connectivity index (χ4n) is 1.85. The van der Waals surface area contributed by atoms with Gasteiger partial charge in [-0.25, -0.2) is 4.79 Å². The van der Waals surface area contributed by atoms with Crippen molar-refractivity contribution >= 4 is 11.9 Å². The van der Waals surface area contributed by atoms with E-state index in [9.17, 15) is 4.79 Å². The lowest BCUT2D eigenvalue weighted by atomic mass is 9.98. The molecule has 2 aromatic rings. The van der Waals surface area contributed by atoms with Crippen molar-refractivity contribution in [2.45, 2.75) is 19.8 Å². The summed E-state index contributed by atoms with van der Waals surface area (Å²) in [4.78, 5) is 11.6. The summed E-state index contributed by atoms with van der Waals surface area (Å²) in [5, 5.41) is 3.65. The summed E-state index contributed by atoms with van der Waals surface area (Å²) in [7, 11) is 1.29. The van der Waals surface area contributed by atoms with E-state index in [4.69, 9.17) is 10.3 Å². The van der Waals surface area contributed by atoms with E-state index in [1.165, 1.54) is 12.7 Å². The Morgan fingerprint density at radius 1 is 1.32 bits per heavy atom. The molecule has 0 saturated heterocycles. The molecule has 1 aromatic carbocycles. The lowest BCUT2D eigenvalue weighted by Gasteiger charge is -2.06. The van der Waals surface area contributed by atoms with Crippen molar-refractivity contribution in [3.63, 3.8) is 0 Å². The first-order valence-corrected chi connectivity index (χ1v) is 5.98. The van der Waals surface area contributed by atoms with Crippen LogP contribution in [-0.4, -0.2) is 18.2 Å². The SMILES string of the molecule is COC(=O)c1noc(N)c1-c1ccc(C(C)C)cc1. The van der Waals surface area contributed by atoms with Gasteiger partial charge in [-0.3, -0.25) is 0 Å². The molecule has 0 radical (unpaired) electrons. The Hall–Kier alpha value is -2.30. The predicted octanol–water partition coefficient (Wildman–Crippen LogP) is 2.83. The molecule has 5 heteroatoms. The summed E-state index contributed by atoms with van der Waals surface area (Å²) in [5.41, 5.74) is 8.28. The highest BCUT2D eigenvalue weighted by Gasteiger charge is 2.22. The van der Waals surface area contributed by atoms with E-state index in [1.807, 2.05) is 24.3 Å². The number of nitrogens with two attached hydrogens (primary N) is 1. The molecule has 100 valence electrons. The number of aromatic nitrogens is 1. The molecule has 0 aliphatic rings. The minimum absolute atomic E-state index is 0.0947. The van der Waals surface area contributed by atoms with E-state index in [2.05, 4.69) is 23.7 Å². The molecule has 1 heterocycles. The Labute approximate surface area is 111 Å². The Bertz CT molecular complexity index is 585. The maximum atomic E-state index is 11.6. The zero-order valence-corrected chi connectivity index (χ0v) is 11.1. The minimum Gasteiger partial charge on any atom is -0.464 e. The average Bonchev–Trinajstić information content (AvgIpc) is 2.80.